The van der Waals surface area contributed by atoms with Crippen molar-refractivity contribution in [2.45, 2.75) is 6.42 Å². The fourth-order valence-electron chi connectivity index (χ4n) is 1.64. The zero-order chi connectivity index (χ0) is 10.5. The minimum atomic E-state index is 0. The third-order valence-corrected chi connectivity index (χ3v) is 2.57. The molecule has 0 amide bonds. The summed E-state index contributed by atoms with van der Waals surface area (Å²) in [5, 5.41) is 3.31. The fraction of sp³-hybridized carbons (Fsp3) is 0.545. The van der Waals surface area contributed by atoms with Gasteiger partial charge in [-0.3, -0.25) is 0 Å². The molecule has 0 saturated carbocycles. The number of methoxy groups -OCH3 is 1. The maximum atomic E-state index is 5.63. The Hall–Kier alpha value is -0.710. The minimum Gasteiger partial charge on any atom is -0.492 e. The molecule has 1 saturated heterocycles. The Morgan fingerprint density at radius 2 is 2.24 bits per heavy atom. The highest BCUT2D eigenvalue weighted by molar-refractivity contribution is 5.85. The van der Waals surface area contributed by atoms with Gasteiger partial charge < -0.3 is 14.8 Å². The lowest BCUT2D eigenvalue weighted by molar-refractivity contribution is 0.258. The number of nitrogens with one attached hydrogen (secondary N) is 1. The molecule has 6 heteroatoms. The standard InChI is InChI=1S/C11H16N2O2.2ClH/c1-14-11-3-2-10(7-13-11)15-8-9-4-5-12-6-9;;/h2-3,7,9,12H,4-6,8H2,1H3;2*1H. The summed E-state index contributed by atoms with van der Waals surface area (Å²) in [6, 6.07) is 3.69. The predicted octanol–water partition coefficient (Wildman–Crippen LogP) is 1.92. The third-order valence-electron chi connectivity index (χ3n) is 2.57. The Bertz CT molecular complexity index is 303. The summed E-state index contributed by atoms with van der Waals surface area (Å²) in [4.78, 5) is 4.08. The molecule has 1 aromatic rings. The van der Waals surface area contributed by atoms with E-state index in [0.717, 1.165) is 25.4 Å². The summed E-state index contributed by atoms with van der Waals surface area (Å²) in [6.45, 7) is 2.93. The van der Waals surface area contributed by atoms with Crippen LogP contribution in [0.2, 0.25) is 0 Å². The van der Waals surface area contributed by atoms with E-state index < -0.39 is 0 Å². The molecule has 98 valence electrons. The van der Waals surface area contributed by atoms with Crippen molar-refractivity contribution in [3.63, 3.8) is 0 Å². The predicted molar refractivity (Wildman–Crippen MR) is 71.8 cm³/mol. The number of hydrogen-bond donors (Lipinski definition) is 1. The van der Waals surface area contributed by atoms with Gasteiger partial charge in [-0.05, 0) is 19.0 Å². The summed E-state index contributed by atoms with van der Waals surface area (Å²) >= 11 is 0. The molecule has 17 heavy (non-hydrogen) atoms. The normalized spacial score (nSPS) is 17.8. The lowest BCUT2D eigenvalue weighted by Crippen LogP contribution is -2.15. The molecule has 0 aliphatic carbocycles. The number of hydrogen-bond acceptors (Lipinski definition) is 4. The van der Waals surface area contributed by atoms with Crippen LogP contribution in [0.25, 0.3) is 0 Å². The first kappa shape index (κ1) is 16.3. The molecule has 0 spiro atoms. The largest absolute Gasteiger partial charge is 0.492 e. The highest BCUT2D eigenvalue weighted by atomic mass is 35.5. The Balaban J connectivity index is 0.00000128. The van der Waals surface area contributed by atoms with E-state index in [2.05, 4.69) is 10.3 Å². The van der Waals surface area contributed by atoms with Crippen molar-refractivity contribution in [3.05, 3.63) is 18.3 Å². The van der Waals surface area contributed by atoms with E-state index in [9.17, 15) is 0 Å². The number of ether oxygens (including phenoxy) is 2. The van der Waals surface area contributed by atoms with Gasteiger partial charge in [0, 0.05) is 18.5 Å². The second-order valence-corrected chi connectivity index (χ2v) is 3.71. The smallest absolute Gasteiger partial charge is 0.213 e. The van der Waals surface area contributed by atoms with Gasteiger partial charge in [-0.15, -0.1) is 24.8 Å². The number of aromatic nitrogens is 1. The van der Waals surface area contributed by atoms with Crippen LogP contribution in [0.1, 0.15) is 6.42 Å². The maximum Gasteiger partial charge on any atom is 0.213 e. The van der Waals surface area contributed by atoms with Crippen LogP contribution in [0.4, 0.5) is 0 Å². The highest BCUT2D eigenvalue weighted by Gasteiger charge is 2.14. The van der Waals surface area contributed by atoms with E-state index in [1.165, 1.54) is 6.42 Å². The van der Waals surface area contributed by atoms with E-state index in [-0.39, 0.29) is 24.8 Å². The molecule has 1 unspecified atom stereocenters. The zero-order valence-corrected chi connectivity index (χ0v) is 11.4. The van der Waals surface area contributed by atoms with Gasteiger partial charge in [0.05, 0.1) is 19.9 Å². The van der Waals surface area contributed by atoms with E-state index in [1.54, 1.807) is 13.3 Å². The number of rotatable bonds is 4. The van der Waals surface area contributed by atoms with Crippen LogP contribution in [0.15, 0.2) is 18.3 Å². The van der Waals surface area contributed by atoms with E-state index >= 15 is 0 Å². The first-order valence-corrected chi connectivity index (χ1v) is 5.22. The number of halogens is 2. The Kier molecular flexibility index (Phi) is 8.04. The van der Waals surface area contributed by atoms with Crippen LogP contribution in [0.5, 0.6) is 11.6 Å². The number of nitrogens with zero attached hydrogens (tertiary/aromatic N) is 1. The summed E-state index contributed by atoms with van der Waals surface area (Å²) in [5.74, 6) is 2.06. The molecule has 1 aliphatic rings. The van der Waals surface area contributed by atoms with Gasteiger partial charge in [-0.2, -0.15) is 0 Å². The van der Waals surface area contributed by atoms with Crippen molar-refractivity contribution < 1.29 is 9.47 Å². The van der Waals surface area contributed by atoms with Crippen LogP contribution in [-0.4, -0.2) is 31.8 Å². The van der Waals surface area contributed by atoms with Crippen LogP contribution in [-0.2, 0) is 0 Å². The summed E-state index contributed by atoms with van der Waals surface area (Å²) < 4.78 is 10.6. The Labute approximate surface area is 114 Å². The van der Waals surface area contributed by atoms with E-state index in [1.807, 2.05) is 12.1 Å². The molecular weight excluding hydrogens is 263 g/mol. The average Bonchev–Trinajstić information content (AvgIpc) is 2.80. The van der Waals surface area contributed by atoms with E-state index in [0.29, 0.717) is 11.8 Å². The maximum absolute atomic E-state index is 5.63. The quantitative estimate of drug-likeness (QED) is 0.915. The van der Waals surface area contributed by atoms with Crippen molar-refractivity contribution in [3.8, 4) is 11.6 Å². The average molecular weight is 281 g/mol. The van der Waals surface area contributed by atoms with Crippen LogP contribution < -0.4 is 14.8 Å². The summed E-state index contributed by atoms with van der Waals surface area (Å²) in [5.41, 5.74) is 0. The van der Waals surface area contributed by atoms with Crippen LogP contribution >= 0.6 is 24.8 Å². The SMILES string of the molecule is COc1ccc(OCC2CCNC2)cn1.Cl.Cl. The fourth-order valence-corrected chi connectivity index (χ4v) is 1.64. The minimum absolute atomic E-state index is 0. The van der Waals surface area contributed by atoms with Crippen LogP contribution in [0.3, 0.4) is 0 Å². The number of pyridine rings is 1. The molecule has 1 N–H and O–H groups in total. The van der Waals surface area contributed by atoms with E-state index in [4.69, 9.17) is 9.47 Å². The molecule has 0 bridgehead atoms. The highest BCUT2D eigenvalue weighted by Crippen LogP contribution is 2.15. The van der Waals surface area contributed by atoms with Gasteiger partial charge in [0.15, 0.2) is 0 Å². The van der Waals surface area contributed by atoms with Gasteiger partial charge >= 0.3 is 0 Å². The molecule has 1 fully saturated rings. The molecule has 2 rings (SSSR count). The van der Waals surface area contributed by atoms with Crippen molar-refractivity contribution in [2.75, 3.05) is 26.8 Å². The van der Waals surface area contributed by atoms with Crippen molar-refractivity contribution in [1.29, 1.82) is 0 Å². The molecule has 2 heterocycles. The molecule has 1 aromatic heterocycles. The molecule has 1 aliphatic heterocycles. The molecular formula is C11H18Cl2N2O2. The van der Waals surface area contributed by atoms with Gasteiger partial charge in [-0.25, -0.2) is 4.98 Å². The first-order valence-electron chi connectivity index (χ1n) is 5.22. The lowest BCUT2D eigenvalue weighted by atomic mass is 10.1. The summed E-state index contributed by atoms with van der Waals surface area (Å²) in [7, 11) is 1.60. The molecule has 0 aromatic carbocycles. The lowest BCUT2D eigenvalue weighted by Gasteiger charge is -2.10. The van der Waals surface area contributed by atoms with Crippen LogP contribution in [0, 0.1) is 5.92 Å². The van der Waals surface area contributed by atoms with Crippen molar-refractivity contribution in [2.24, 2.45) is 5.92 Å². The Morgan fingerprint density at radius 3 is 2.76 bits per heavy atom. The van der Waals surface area contributed by atoms with Gasteiger partial charge in [0.2, 0.25) is 5.88 Å². The second-order valence-electron chi connectivity index (χ2n) is 3.71. The summed E-state index contributed by atoms with van der Waals surface area (Å²) in [6.07, 6.45) is 2.89. The zero-order valence-electron chi connectivity index (χ0n) is 9.72. The van der Waals surface area contributed by atoms with Gasteiger partial charge in [0.25, 0.3) is 0 Å². The van der Waals surface area contributed by atoms with Crippen molar-refractivity contribution in [1.82, 2.24) is 10.3 Å². The molecule has 0 radical (unpaired) electrons. The van der Waals surface area contributed by atoms with Gasteiger partial charge in [0.1, 0.15) is 5.75 Å². The topological polar surface area (TPSA) is 43.4 Å². The first-order chi connectivity index (χ1) is 7.38. The molecule has 1 atom stereocenters. The van der Waals surface area contributed by atoms with Crippen molar-refractivity contribution >= 4 is 24.8 Å². The molecule has 4 nitrogen and oxygen atoms in total. The Morgan fingerprint density at radius 1 is 1.41 bits per heavy atom. The monoisotopic (exact) mass is 280 g/mol. The van der Waals surface area contributed by atoms with Gasteiger partial charge in [-0.1, -0.05) is 0 Å². The second kappa shape index (κ2) is 8.39. The third kappa shape index (κ3) is 4.98.